The zero-order valence-corrected chi connectivity index (χ0v) is 16.7. The standard InChI is InChI=1S/C21H33N5O/c1-22-21(24-19-8-12-25(13-9-19)14-15-27-2)23-17-18-6-5-7-20(16-18)26-10-3-4-11-26/h3-7,16,19H,8-15,17H2,1-2H3,(H2,22,23,24). The van der Waals surface area contributed by atoms with Gasteiger partial charge in [-0.25, -0.2) is 0 Å². The first-order valence-electron chi connectivity index (χ1n) is 9.96. The van der Waals surface area contributed by atoms with Gasteiger partial charge in [-0.05, 0) is 30.5 Å². The molecule has 1 aromatic carbocycles. The number of hydrogen-bond donors (Lipinski definition) is 2. The SMILES string of the molecule is CN=C(NCc1cccc(N2CC=CC2)c1)NC1CCN(CCOC)CC1. The summed E-state index contributed by atoms with van der Waals surface area (Å²) in [5.41, 5.74) is 2.56. The van der Waals surface area contributed by atoms with E-state index in [-0.39, 0.29) is 0 Å². The summed E-state index contributed by atoms with van der Waals surface area (Å²) in [6.45, 7) is 6.86. The Morgan fingerprint density at radius 2 is 2.00 bits per heavy atom. The lowest BCUT2D eigenvalue weighted by Gasteiger charge is -2.32. The quantitative estimate of drug-likeness (QED) is 0.435. The summed E-state index contributed by atoms with van der Waals surface area (Å²) in [5.74, 6) is 0.888. The number of benzene rings is 1. The number of likely N-dealkylation sites (tertiary alicyclic amines) is 1. The van der Waals surface area contributed by atoms with E-state index >= 15 is 0 Å². The van der Waals surface area contributed by atoms with Crippen molar-refractivity contribution in [1.82, 2.24) is 15.5 Å². The van der Waals surface area contributed by atoms with Crippen LogP contribution in [0.3, 0.4) is 0 Å². The normalized spacial score (nSPS) is 18.9. The van der Waals surface area contributed by atoms with Crippen LogP contribution in [0.25, 0.3) is 0 Å². The molecule has 0 radical (unpaired) electrons. The van der Waals surface area contributed by atoms with Crippen molar-refractivity contribution in [1.29, 1.82) is 0 Å². The van der Waals surface area contributed by atoms with Crippen LogP contribution in [-0.4, -0.2) is 70.4 Å². The molecule has 1 saturated heterocycles. The monoisotopic (exact) mass is 371 g/mol. The molecule has 6 heteroatoms. The molecule has 1 fully saturated rings. The van der Waals surface area contributed by atoms with Gasteiger partial charge >= 0.3 is 0 Å². The fraction of sp³-hybridized carbons (Fsp3) is 0.571. The average Bonchev–Trinajstić information content (AvgIpc) is 3.25. The number of piperidine rings is 1. The summed E-state index contributed by atoms with van der Waals surface area (Å²) in [6.07, 6.45) is 6.72. The van der Waals surface area contributed by atoms with Gasteiger partial charge in [0.1, 0.15) is 0 Å². The molecule has 3 rings (SSSR count). The minimum absolute atomic E-state index is 0.483. The van der Waals surface area contributed by atoms with Crippen molar-refractivity contribution in [2.75, 3.05) is 58.4 Å². The lowest BCUT2D eigenvalue weighted by atomic mass is 10.1. The molecule has 6 nitrogen and oxygen atoms in total. The minimum atomic E-state index is 0.483. The number of methoxy groups -OCH3 is 1. The van der Waals surface area contributed by atoms with Gasteiger partial charge < -0.3 is 25.2 Å². The number of nitrogens with one attached hydrogen (secondary N) is 2. The zero-order valence-electron chi connectivity index (χ0n) is 16.7. The fourth-order valence-corrected chi connectivity index (χ4v) is 3.65. The zero-order chi connectivity index (χ0) is 18.9. The highest BCUT2D eigenvalue weighted by Gasteiger charge is 2.19. The Morgan fingerprint density at radius 1 is 1.22 bits per heavy atom. The van der Waals surface area contributed by atoms with Crippen molar-refractivity contribution in [2.45, 2.75) is 25.4 Å². The largest absolute Gasteiger partial charge is 0.383 e. The van der Waals surface area contributed by atoms with E-state index in [9.17, 15) is 0 Å². The maximum atomic E-state index is 5.18. The highest BCUT2D eigenvalue weighted by Crippen LogP contribution is 2.18. The van der Waals surface area contributed by atoms with Gasteiger partial charge in [0, 0.05) is 65.2 Å². The van der Waals surface area contributed by atoms with Crippen LogP contribution in [0.2, 0.25) is 0 Å². The van der Waals surface area contributed by atoms with Crippen LogP contribution < -0.4 is 15.5 Å². The minimum Gasteiger partial charge on any atom is -0.383 e. The third kappa shape index (κ3) is 5.97. The highest BCUT2D eigenvalue weighted by molar-refractivity contribution is 5.80. The van der Waals surface area contributed by atoms with E-state index in [2.05, 4.69) is 61.8 Å². The maximum Gasteiger partial charge on any atom is 0.191 e. The van der Waals surface area contributed by atoms with Gasteiger partial charge in [-0.1, -0.05) is 24.3 Å². The summed E-state index contributed by atoms with van der Waals surface area (Å²) >= 11 is 0. The highest BCUT2D eigenvalue weighted by atomic mass is 16.5. The molecule has 2 aliphatic heterocycles. The predicted octanol–water partition coefficient (Wildman–Crippen LogP) is 1.84. The Bertz CT molecular complexity index is 629. The Morgan fingerprint density at radius 3 is 2.70 bits per heavy atom. The number of hydrogen-bond acceptors (Lipinski definition) is 4. The third-order valence-electron chi connectivity index (χ3n) is 5.32. The van der Waals surface area contributed by atoms with E-state index < -0.39 is 0 Å². The van der Waals surface area contributed by atoms with Crippen molar-refractivity contribution >= 4 is 11.6 Å². The van der Waals surface area contributed by atoms with Crippen LogP contribution in [0.15, 0.2) is 41.4 Å². The second-order valence-electron chi connectivity index (χ2n) is 7.23. The molecule has 0 aromatic heterocycles. The summed E-state index contributed by atoms with van der Waals surface area (Å²) in [4.78, 5) is 9.24. The number of rotatable bonds is 7. The summed E-state index contributed by atoms with van der Waals surface area (Å²) in [5, 5.41) is 7.05. The molecule has 0 atom stereocenters. The summed E-state index contributed by atoms with van der Waals surface area (Å²) in [6, 6.07) is 9.23. The summed E-state index contributed by atoms with van der Waals surface area (Å²) < 4.78 is 5.18. The van der Waals surface area contributed by atoms with Crippen LogP contribution in [0.5, 0.6) is 0 Å². The lowest BCUT2D eigenvalue weighted by molar-refractivity contribution is 0.128. The second-order valence-corrected chi connectivity index (χ2v) is 7.23. The molecule has 0 saturated carbocycles. The first kappa shape index (κ1) is 19.7. The Kier molecular flexibility index (Phi) is 7.54. The first-order valence-corrected chi connectivity index (χ1v) is 9.96. The molecular formula is C21H33N5O. The topological polar surface area (TPSA) is 52.1 Å². The number of aliphatic imine (C=N–C) groups is 1. The maximum absolute atomic E-state index is 5.18. The van der Waals surface area contributed by atoms with E-state index in [0.717, 1.165) is 64.7 Å². The van der Waals surface area contributed by atoms with E-state index in [4.69, 9.17) is 4.74 Å². The molecule has 148 valence electrons. The molecular weight excluding hydrogens is 338 g/mol. The molecule has 0 unspecified atom stereocenters. The van der Waals surface area contributed by atoms with Crippen LogP contribution >= 0.6 is 0 Å². The Labute approximate surface area is 163 Å². The molecule has 0 spiro atoms. The average molecular weight is 372 g/mol. The van der Waals surface area contributed by atoms with Gasteiger partial charge in [0.25, 0.3) is 0 Å². The van der Waals surface area contributed by atoms with Gasteiger partial charge in [-0.2, -0.15) is 0 Å². The smallest absolute Gasteiger partial charge is 0.191 e. The molecule has 0 bridgehead atoms. The van der Waals surface area contributed by atoms with Crippen LogP contribution in [0.4, 0.5) is 5.69 Å². The van der Waals surface area contributed by atoms with Crippen molar-refractivity contribution in [3.05, 3.63) is 42.0 Å². The lowest BCUT2D eigenvalue weighted by Crippen LogP contribution is -2.48. The number of ether oxygens (including phenoxy) is 1. The van der Waals surface area contributed by atoms with Crippen molar-refractivity contribution in [3.8, 4) is 0 Å². The fourth-order valence-electron chi connectivity index (χ4n) is 3.65. The van der Waals surface area contributed by atoms with Crippen LogP contribution in [-0.2, 0) is 11.3 Å². The number of anilines is 1. The Hall–Kier alpha value is -2.05. The molecule has 2 heterocycles. The van der Waals surface area contributed by atoms with Gasteiger partial charge in [-0.3, -0.25) is 4.99 Å². The Balaban J connectivity index is 1.44. The van der Waals surface area contributed by atoms with E-state index in [1.54, 1.807) is 7.11 Å². The van der Waals surface area contributed by atoms with E-state index in [1.807, 2.05) is 7.05 Å². The molecule has 0 aliphatic carbocycles. The predicted molar refractivity (Wildman–Crippen MR) is 112 cm³/mol. The second kappa shape index (κ2) is 10.3. The van der Waals surface area contributed by atoms with E-state index in [1.165, 1.54) is 11.3 Å². The van der Waals surface area contributed by atoms with Crippen molar-refractivity contribution in [2.24, 2.45) is 4.99 Å². The van der Waals surface area contributed by atoms with Gasteiger partial charge in [0.05, 0.1) is 6.61 Å². The number of guanidine groups is 1. The third-order valence-corrected chi connectivity index (χ3v) is 5.32. The van der Waals surface area contributed by atoms with Crippen LogP contribution in [0, 0.1) is 0 Å². The molecule has 2 N–H and O–H groups in total. The van der Waals surface area contributed by atoms with Gasteiger partial charge in [0.15, 0.2) is 5.96 Å². The van der Waals surface area contributed by atoms with Crippen molar-refractivity contribution < 1.29 is 4.74 Å². The van der Waals surface area contributed by atoms with E-state index in [0.29, 0.717) is 6.04 Å². The van der Waals surface area contributed by atoms with Crippen LogP contribution in [0.1, 0.15) is 18.4 Å². The molecule has 27 heavy (non-hydrogen) atoms. The summed E-state index contributed by atoms with van der Waals surface area (Å²) in [7, 11) is 3.61. The van der Waals surface area contributed by atoms with Gasteiger partial charge in [0.2, 0.25) is 0 Å². The van der Waals surface area contributed by atoms with Crippen molar-refractivity contribution in [3.63, 3.8) is 0 Å². The molecule has 1 aromatic rings. The molecule has 2 aliphatic rings. The number of nitrogens with zero attached hydrogens (tertiary/aromatic N) is 3. The van der Waals surface area contributed by atoms with Gasteiger partial charge in [-0.15, -0.1) is 0 Å². The molecule has 0 amide bonds. The first-order chi connectivity index (χ1) is 13.3.